The van der Waals surface area contributed by atoms with E-state index in [1.165, 1.54) is 24.3 Å². The molecule has 0 atom stereocenters. The van der Waals surface area contributed by atoms with Crippen LogP contribution in [0, 0.1) is 11.6 Å². The molecule has 2 aromatic carbocycles. The van der Waals surface area contributed by atoms with Crippen LogP contribution in [0.3, 0.4) is 0 Å². The topological polar surface area (TPSA) is 55.4 Å². The molecule has 0 aliphatic rings. The number of carbonyl (C=O) groups excluding carboxylic acids is 2. The SMILES string of the molecule is O=C(COC(=O)c1cc(F)c(F)cc1Cl)Nc1ccccc1SC(F)F. The molecule has 1 amide bonds. The van der Waals surface area contributed by atoms with E-state index in [0.29, 0.717) is 12.1 Å². The molecular weight excluding hydrogens is 398 g/mol. The zero-order valence-corrected chi connectivity index (χ0v) is 14.3. The third kappa shape index (κ3) is 5.37. The van der Waals surface area contributed by atoms with Crippen LogP contribution in [0.25, 0.3) is 0 Å². The molecule has 2 rings (SSSR count). The van der Waals surface area contributed by atoms with Gasteiger partial charge in [0.15, 0.2) is 18.2 Å². The number of thioether (sulfide) groups is 1. The number of hydrogen-bond donors (Lipinski definition) is 1. The number of hydrogen-bond acceptors (Lipinski definition) is 4. The Balaban J connectivity index is 1.99. The molecule has 0 fully saturated rings. The zero-order chi connectivity index (χ0) is 19.3. The second-order valence-corrected chi connectivity index (χ2v) is 6.18. The normalized spacial score (nSPS) is 10.7. The lowest BCUT2D eigenvalue weighted by atomic mass is 10.2. The number of benzene rings is 2. The Labute approximate surface area is 154 Å². The summed E-state index contributed by atoms with van der Waals surface area (Å²) in [6.45, 7) is -0.776. The highest BCUT2D eigenvalue weighted by Gasteiger charge is 2.18. The predicted molar refractivity (Wildman–Crippen MR) is 88.6 cm³/mol. The van der Waals surface area contributed by atoms with Crippen molar-refractivity contribution in [3.8, 4) is 0 Å². The molecule has 0 radical (unpaired) electrons. The number of nitrogens with one attached hydrogen (secondary N) is 1. The number of alkyl halides is 2. The quantitative estimate of drug-likeness (QED) is 0.325. The van der Waals surface area contributed by atoms with E-state index < -0.39 is 41.4 Å². The average molecular weight is 408 g/mol. The minimum atomic E-state index is -2.68. The minimum absolute atomic E-state index is 0.115. The number of carbonyl (C=O) groups is 2. The van der Waals surface area contributed by atoms with Crippen LogP contribution in [0.1, 0.15) is 10.4 Å². The average Bonchev–Trinajstić information content (AvgIpc) is 2.57. The fourth-order valence-corrected chi connectivity index (χ4v) is 2.67. The van der Waals surface area contributed by atoms with Crippen molar-refractivity contribution in [2.24, 2.45) is 0 Å². The molecule has 0 aliphatic heterocycles. The summed E-state index contributed by atoms with van der Waals surface area (Å²) in [5.74, 6) is -7.17. The summed E-state index contributed by atoms with van der Waals surface area (Å²) in [5.41, 5.74) is -0.336. The molecule has 0 spiro atoms. The van der Waals surface area contributed by atoms with Gasteiger partial charge in [0.05, 0.1) is 16.3 Å². The smallest absolute Gasteiger partial charge is 0.340 e. The first kappa shape index (κ1) is 20.1. The molecule has 1 N–H and O–H groups in total. The molecule has 26 heavy (non-hydrogen) atoms. The summed E-state index contributed by atoms with van der Waals surface area (Å²) >= 11 is 5.87. The second kappa shape index (κ2) is 8.91. The van der Waals surface area contributed by atoms with E-state index in [1.54, 1.807) is 0 Å². The first-order valence-electron chi connectivity index (χ1n) is 6.93. The van der Waals surface area contributed by atoms with Gasteiger partial charge in [-0.1, -0.05) is 35.5 Å². The van der Waals surface area contributed by atoms with Crippen LogP contribution < -0.4 is 5.32 Å². The van der Waals surface area contributed by atoms with Crippen molar-refractivity contribution in [2.75, 3.05) is 11.9 Å². The molecule has 0 heterocycles. The maximum absolute atomic E-state index is 13.2. The van der Waals surface area contributed by atoms with Crippen molar-refractivity contribution in [1.29, 1.82) is 0 Å². The number of halogens is 5. The third-order valence-corrected chi connectivity index (χ3v) is 4.04. The number of para-hydroxylation sites is 1. The van der Waals surface area contributed by atoms with Crippen molar-refractivity contribution in [1.82, 2.24) is 0 Å². The van der Waals surface area contributed by atoms with Crippen molar-refractivity contribution in [3.05, 3.63) is 58.6 Å². The fourth-order valence-electron chi connectivity index (χ4n) is 1.84. The zero-order valence-electron chi connectivity index (χ0n) is 12.8. The number of anilines is 1. The van der Waals surface area contributed by atoms with E-state index in [0.717, 1.165) is 0 Å². The maximum Gasteiger partial charge on any atom is 0.340 e. The van der Waals surface area contributed by atoms with Crippen LogP contribution in [0.15, 0.2) is 41.3 Å². The van der Waals surface area contributed by atoms with Crippen LogP contribution >= 0.6 is 23.4 Å². The lowest BCUT2D eigenvalue weighted by Crippen LogP contribution is -2.21. The highest BCUT2D eigenvalue weighted by molar-refractivity contribution is 7.99. The van der Waals surface area contributed by atoms with Gasteiger partial charge in [0.2, 0.25) is 0 Å². The number of esters is 1. The number of amides is 1. The Morgan fingerprint density at radius 3 is 2.50 bits per heavy atom. The van der Waals surface area contributed by atoms with Gasteiger partial charge in [0.1, 0.15) is 0 Å². The molecule has 10 heteroatoms. The first-order chi connectivity index (χ1) is 12.3. The van der Waals surface area contributed by atoms with Gasteiger partial charge in [0, 0.05) is 4.90 Å². The standard InChI is InChI=1S/C16H10ClF4NO3S/c17-9-6-11(19)10(18)5-8(9)15(24)25-7-14(23)22-12-3-1-2-4-13(12)26-16(20)21/h1-6,16H,7H2,(H,22,23). The summed E-state index contributed by atoms with van der Waals surface area (Å²) in [6, 6.07) is 6.98. The Bertz CT molecular complexity index is 835. The minimum Gasteiger partial charge on any atom is -0.452 e. The van der Waals surface area contributed by atoms with Gasteiger partial charge in [-0.2, -0.15) is 8.78 Å². The van der Waals surface area contributed by atoms with E-state index >= 15 is 0 Å². The van der Waals surface area contributed by atoms with E-state index in [2.05, 4.69) is 10.1 Å². The van der Waals surface area contributed by atoms with Crippen molar-refractivity contribution < 1.29 is 31.9 Å². The number of rotatable bonds is 6. The summed E-state index contributed by atoms with van der Waals surface area (Å²) in [5, 5.41) is 1.94. The molecule has 0 bridgehead atoms. The van der Waals surface area contributed by atoms with E-state index in [-0.39, 0.29) is 27.4 Å². The lowest BCUT2D eigenvalue weighted by Gasteiger charge is -2.11. The monoisotopic (exact) mass is 407 g/mol. The maximum atomic E-state index is 13.2. The largest absolute Gasteiger partial charge is 0.452 e. The molecule has 2 aromatic rings. The van der Waals surface area contributed by atoms with Gasteiger partial charge in [-0.25, -0.2) is 13.6 Å². The molecule has 0 saturated heterocycles. The van der Waals surface area contributed by atoms with Crippen LogP contribution in [-0.4, -0.2) is 24.2 Å². The van der Waals surface area contributed by atoms with Crippen LogP contribution in [-0.2, 0) is 9.53 Å². The van der Waals surface area contributed by atoms with E-state index in [4.69, 9.17) is 11.6 Å². The second-order valence-electron chi connectivity index (χ2n) is 4.75. The summed E-state index contributed by atoms with van der Waals surface area (Å²) < 4.78 is 55.8. The highest BCUT2D eigenvalue weighted by Crippen LogP contribution is 2.31. The molecule has 4 nitrogen and oxygen atoms in total. The molecule has 138 valence electrons. The summed E-state index contributed by atoms with van der Waals surface area (Å²) in [7, 11) is 0. The Morgan fingerprint density at radius 2 is 1.81 bits per heavy atom. The summed E-state index contributed by atoms with van der Waals surface area (Å²) in [6.07, 6.45) is 0. The van der Waals surface area contributed by atoms with Gasteiger partial charge >= 0.3 is 5.97 Å². The van der Waals surface area contributed by atoms with Gasteiger partial charge in [0.25, 0.3) is 11.7 Å². The summed E-state index contributed by atoms with van der Waals surface area (Å²) in [4.78, 5) is 23.8. The van der Waals surface area contributed by atoms with E-state index in [1.807, 2.05) is 0 Å². The van der Waals surface area contributed by atoms with Gasteiger partial charge in [-0.05, 0) is 24.3 Å². The molecule has 0 aliphatic carbocycles. The van der Waals surface area contributed by atoms with Crippen LogP contribution in [0.4, 0.5) is 23.2 Å². The molecule has 0 saturated carbocycles. The first-order valence-corrected chi connectivity index (χ1v) is 8.19. The molecule has 0 unspecified atom stereocenters. The van der Waals surface area contributed by atoms with Crippen molar-refractivity contribution in [2.45, 2.75) is 10.7 Å². The Kier molecular flexibility index (Phi) is 6.87. The van der Waals surface area contributed by atoms with Gasteiger partial charge in [-0.15, -0.1) is 0 Å². The Hall–Kier alpha value is -2.26. The van der Waals surface area contributed by atoms with Gasteiger partial charge in [-0.3, -0.25) is 4.79 Å². The predicted octanol–water partition coefficient (Wildman–Crippen LogP) is 4.73. The third-order valence-electron chi connectivity index (χ3n) is 2.94. The fraction of sp³-hybridized carbons (Fsp3) is 0.125. The van der Waals surface area contributed by atoms with Gasteiger partial charge < -0.3 is 10.1 Å². The Morgan fingerprint density at radius 1 is 1.15 bits per heavy atom. The van der Waals surface area contributed by atoms with Crippen LogP contribution in [0.2, 0.25) is 5.02 Å². The van der Waals surface area contributed by atoms with Crippen LogP contribution in [0.5, 0.6) is 0 Å². The lowest BCUT2D eigenvalue weighted by molar-refractivity contribution is -0.119. The van der Waals surface area contributed by atoms with Crippen molar-refractivity contribution >= 4 is 40.9 Å². The van der Waals surface area contributed by atoms with E-state index in [9.17, 15) is 27.2 Å². The highest BCUT2D eigenvalue weighted by atomic mass is 35.5. The number of ether oxygens (including phenoxy) is 1. The molecule has 0 aromatic heterocycles. The molecular formula is C16H10ClF4NO3S. The van der Waals surface area contributed by atoms with Crippen molar-refractivity contribution in [3.63, 3.8) is 0 Å².